The van der Waals surface area contributed by atoms with Crippen LogP contribution < -0.4 is 0 Å². The lowest BCUT2D eigenvalue weighted by atomic mass is 9.75. The summed E-state index contributed by atoms with van der Waals surface area (Å²) in [6.07, 6.45) is 5.71. The lowest BCUT2D eigenvalue weighted by Gasteiger charge is -2.34. The van der Waals surface area contributed by atoms with E-state index in [2.05, 4.69) is 140 Å². The van der Waals surface area contributed by atoms with Crippen molar-refractivity contribution in [1.82, 2.24) is 4.57 Å². The van der Waals surface area contributed by atoms with Crippen molar-refractivity contribution in [1.29, 1.82) is 0 Å². The highest BCUT2D eigenvalue weighted by Gasteiger charge is 2.34. The minimum atomic E-state index is -0.0379. The number of nitrogens with zero attached hydrogens (tertiary/aromatic N) is 1. The predicted molar refractivity (Wildman–Crippen MR) is 160 cm³/mol. The second-order valence-corrected chi connectivity index (χ2v) is 11.4. The van der Waals surface area contributed by atoms with Gasteiger partial charge in [0.05, 0.1) is 16.7 Å². The monoisotopic (exact) mass is 487 g/mol. The van der Waals surface area contributed by atoms with Gasteiger partial charge in [-0.2, -0.15) is 0 Å². The Morgan fingerprint density at radius 2 is 1.47 bits per heavy atom. The highest BCUT2D eigenvalue weighted by molar-refractivity contribution is 6.12. The number of aromatic nitrogens is 1. The predicted octanol–water partition coefficient (Wildman–Crippen LogP) is 9.44. The highest BCUT2D eigenvalue weighted by Crippen LogP contribution is 2.47. The van der Waals surface area contributed by atoms with Gasteiger partial charge in [0, 0.05) is 22.1 Å². The summed E-state index contributed by atoms with van der Waals surface area (Å²) < 4.78 is 2.49. The zero-order chi connectivity index (χ0) is 25.4. The topological polar surface area (TPSA) is 4.93 Å². The van der Waals surface area contributed by atoms with Gasteiger partial charge in [-0.3, -0.25) is 0 Å². The number of allylic oxidation sites excluding steroid dienone is 1. The molecule has 8 rings (SSSR count). The van der Waals surface area contributed by atoms with Crippen molar-refractivity contribution in [3.8, 4) is 16.8 Å². The van der Waals surface area contributed by atoms with Gasteiger partial charge in [0.15, 0.2) is 0 Å². The van der Waals surface area contributed by atoms with Gasteiger partial charge in [-0.05, 0) is 63.6 Å². The maximum Gasteiger partial charge on any atom is 0.0582 e. The number of hydrogen-bond donors (Lipinski definition) is 0. The van der Waals surface area contributed by atoms with E-state index < -0.39 is 0 Å². The van der Waals surface area contributed by atoms with Gasteiger partial charge in [-0.1, -0.05) is 117 Å². The van der Waals surface area contributed by atoms with Crippen molar-refractivity contribution in [3.63, 3.8) is 0 Å². The van der Waals surface area contributed by atoms with Crippen molar-refractivity contribution >= 4 is 27.9 Å². The summed E-state index contributed by atoms with van der Waals surface area (Å²) in [5.41, 5.74) is 13.4. The summed E-state index contributed by atoms with van der Waals surface area (Å²) in [7, 11) is 0. The molecule has 0 N–H and O–H groups in total. The molecule has 1 aliphatic heterocycles. The van der Waals surface area contributed by atoms with Crippen LogP contribution in [-0.4, -0.2) is 4.57 Å². The van der Waals surface area contributed by atoms with Crippen LogP contribution in [0.3, 0.4) is 0 Å². The fraction of sp³-hybridized carbons (Fsp3) is 0.135. The lowest BCUT2D eigenvalue weighted by Crippen LogP contribution is -2.26. The number of fused-ring (bicyclic) bond motifs is 6. The number of benzene rings is 5. The van der Waals surface area contributed by atoms with E-state index >= 15 is 0 Å². The Hall–Kier alpha value is -4.36. The van der Waals surface area contributed by atoms with E-state index in [4.69, 9.17) is 0 Å². The van der Waals surface area contributed by atoms with Gasteiger partial charge in [0.2, 0.25) is 0 Å². The minimum Gasteiger partial charge on any atom is -0.309 e. The second-order valence-electron chi connectivity index (χ2n) is 11.4. The van der Waals surface area contributed by atoms with Gasteiger partial charge in [-0.15, -0.1) is 0 Å². The summed E-state index contributed by atoms with van der Waals surface area (Å²) >= 11 is 0. The SMILES string of the molecule is CC1(C)c2ccccc2-n2c3ccc(-c4cccc(C5C=Cc6ccccc6C5)c4)cc3c3cccc1c32. The Balaban J connectivity index is 1.28. The highest BCUT2D eigenvalue weighted by atomic mass is 15.0. The zero-order valence-corrected chi connectivity index (χ0v) is 21.8. The van der Waals surface area contributed by atoms with Crippen molar-refractivity contribution < 1.29 is 0 Å². The van der Waals surface area contributed by atoms with E-state index in [0.29, 0.717) is 5.92 Å². The normalized spacial score (nSPS) is 16.9. The Kier molecular flexibility index (Phi) is 4.47. The molecule has 1 aliphatic carbocycles. The van der Waals surface area contributed by atoms with Gasteiger partial charge in [-0.25, -0.2) is 0 Å². The molecule has 0 saturated heterocycles. The van der Waals surface area contributed by atoms with Crippen LogP contribution in [0.4, 0.5) is 0 Å². The van der Waals surface area contributed by atoms with Crippen LogP contribution in [0.15, 0.2) is 115 Å². The van der Waals surface area contributed by atoms with E-state index in [0.717, 1.165) is 6.42 Å². The van der Waals surface area contributed by atoms with Crippen LogP contribution in [0.1, 0.15) is 47.6 Å². The molecule has 0 radical (unpaired) electrons. The molecule has 182 valence electrons. The molecule has 0 bridgehead atoms. The molecular formula is C37H29N. The van der Waals surface area contributed by atoms with Crippen LogP contribution in [0.5, 0.6) is 0 Å². The molecule has 1 heteroatoms. The quantitative estimate of drug-likeness (QED) is 0.229. The largest absolute Gasteiger partial charge is 0.309 e. The number of rotatable bonds is 2. The van der Waals surface area contributed by atoms with E-state index in [1.54, 1.807) is 0 Å². The molecule has 1 unspecified atom stereocenters. The molecule has 0 saturated carbocycles. The van der Waals surface area contributed by atoms with Crippen molar-refractivity contribution in [2.75, 3.05) is 0 Å². The van der Waals surface area contributed by atoms with Crippen LogP contribution in [-0.2, 0) is 11.8 Å². The summed E-state index contributed by atoms with van der Waals surface area (Å²) in [4.78, 5) is 0. The smallest absolute Gasteiger partial charge is 0.0582 e. The first kappa shape index (κ1) is 21.7. The van der Waals surface area contributed by atoms with E-state index in [1.165, 1.54) is 66.4 Å². The minimum absolute atomic E-state index is 0.0379. The molecule has 38 heavy (non-hydrogen) atoms. The molecule has 2 heterocycles. The molecule has 6 aromatic rings. The van der Waals surface area contributed by atoms with Crippen LogP contribution in [0.25, 0.3) is 44.7 Å². The van der Waals surface area contributed by atoms with E-state index in [-0.39, 0.29) is 5.41 Å². The molecule has 1 nitrogen and oxygen atoms in total. The third kappa shape index (κ3) is 2.99. The van der Waals surface area contributed by atoms with Gasteiger partial charge in [0.1, 0.15) is 0 Å². The average Bonchev–Trinajstić information content (AvgIpc) is 3.30. The third-order valence-electron chi connectivity index (χ3n) is 8.93. The van der Waals surface area contributed by atoms with Crippen molar-refractivity contribution in [2.45, 2.75) is 31.6 Å². The van der Waals surface area contributed by atoms with Crippen LogP contribution >= 0.6 is 0 Å². The Labute approximate surface area is 223 Å². The summed E-state index contributed by atoms with van der Waals surface area (Å²) in [6.45, 7) is 4.72. The molecule has 0 fully saturated rings. The van der Waals surface area contributed by atoms with Crippen molar-refractivity contribution in [3.05, 3.63) is 143 Å². The molecule has 2 aliphatic rings. The fourth-order valence-corrected chi connectivity index (χ4v) is 6.93. The third-order valence-corrected chi connectivity index (χ3v) is 8.93. The first-order valence-electron chi connectivity index (χ1n) is 13.6. The summed E-state index contributed by atoms with van der Waals surface area (Å²) in [6, 6.07) is 40.7. The number of para-hydroxylation sites is 2. The molecular weight excluding hydrogens is 458 g/mol. The summed E-state index contributed by atoms with van der Waals surface area (Å²) in [5.74, 6) is 0.408. The van der Waals surface area contributed by atoms with Gasteiger partial charge < -0.3 is 4.57 Å². The van der Waals surface area contributed by atoms with E-state index in [9.17, 15) is 0 Å². The maximum absolute atomic E-state index is 2.49. The first-order valence-corrected chi connectivity index (χ1v) is 13.6. The lowest BCUT2D eigenvalue weighted by molar-refractivity contribution is 0.630. The van der Waals surface area contributed by atoms with Gasteiger partial charge in [0.25, 0.3) is 0 Å². The fourth-order valence-electron chi connectivity index (χ4n) is 6.93. The Morgan fingerprint density at radius 3 is 2.42 bits per heavy atom. The van der Waals surface area contributed by atoms with Crippen LogP contribution in [0, 0.1) is 0 Å². The molecule has 5 aromatic carbocycles. The Morgan fingerprint density at radius 1 is 0.684 bits per heavy atom. The van der Waals surface area contributed by atoms with Gasteiger partial charge >= 0.3 is 0 Å². The average molecular weight is 488 g/mol. The molecule has 1 aromatic heterocycles. The Bertz CT molecular complexity index is 1930. The van der Waals surface area contributed by atoms with Crippen LogP contribution in [0.2, 0.25) is 0 Å². The second kappa shape index (κ2) is 7.82. The standard InChI is InChI=1S/C37H29N/c1-37(2)32-14-5-6-16-35(32)38-34-20-19-29(23-31(34)30-13-8-15-33(37)36(30)38)27-12-7-11-26(22-27)28-18-17-24-9-3-4-10-25(24)21-28/h3-20,22-23,28H,21H2,1-2H3. The molecule has 1 atom stereocenters. The molecule has 0 spiro atoms. The zero-order valence-electron chi connectivity index (χ0n) is 21.8. The summed E-state index contributed by atoms with van der Waals surface area (Å²) in [5, 5.41) is 2.66. The first-order chi connectivity index (χ1) is 18.6. The maximum atomic E-state index is 2.49. The van der Waals surface area contributed by atoms with Crippen molar-refractivity contribution in [2.24, 2.45) is 0 Å². The number of hydrogen-bond acceptors (Lipinski definition) is 0. The molecule has 0 amide bonds. The van der Waals surface area contributed by atoms with E-state index in [1.807, 2.05) is 0 Å².